The van der Waals surface area contributed by atoms with Crippen LogP contribution in [-0.4, -0.2) is 23.0 Å². The first kappa shape index (κ1) is 8.54. The van der Waals surface area contributed by atoms with Gasteiger partial charge in [0.25, 0.3) is 0 Å². The molecule has 0 radical (unpaired) electrons. The van der Waals surface area contributed by atoms with E-state index in [1.807, 2.05) is 0 Å². The van der Waals surface area contributed by atoms with E-state index in [0.717, 1.165) is 0 Å². The van der Waals surface area contributed by atoms with Crippen molar-refractivity contribution in [2.75, 3.05) is 0 Å². The van der Waals surface area contributed by atoms with E-state index in [2.05, 4.69) is 10.8 Å². The van der Waals surface area contributed by atoms with E-state index in [-0.39, 0.29) is 0 Å². The number of nitrogens with two attached hydrogens (primary N) is 1. The summed E-state index contributed by atoms with van der Waals surface area (Å²) in [7, 11) is 0. The van der Waals surface area contributed by atoms with Crippen LogP contribution in [0.15, 0.2) is 5.11 Å². The van der Waals surface area contributed by atoms with Gasteiger partial charge < -0.3 is 10.8 Å². The van der Waals surface area contributed by atoms with E-state index in [1.165, 1.54) is 0 Å². The zero-order chi connectivity index (χ0) is 8.15. The highest BCUT2D eigenvalue weighted by atomic mass is 16.4. The summed E-state index contributed by atoms with van der Waals surface area (Å²) in [5.41, 5.74) is 11.0. The topological polar surface area (TPSA) is 117 Å². The fourth-order valence-corrected chi connectivity index (χ4v) is 0.379. The van der Waals surface area contributed by atoms with Crippen molar-refractivity contribution in [2.45, 2.75) is 12.5 Å². The second-order valence-corrected chi connectivity index (χ2v) is 1.65. The summed E-state index contributed by atoms with van der Waals surface area (Å²) in [4.78, 5) is 20.1. The summed E-state index contributed by atoms with van der Waals surface area (Å²) in [6.07, 6.45) is -0.418. The smallest absolute Gasteiger partial charge is 0.330 e. The van der Waals surface area contributed by atoms with Gasteiger partial charge in [0.1, 0.15) is 0 Å². The lowest BCUT2D eigenvalue weighted by Gasteiger charge is -1.99. The largest absolute Gasteiger partial charge is 0.480 e. The molecule has 1 atom stereocenters. The molecule has 0 aromatic carbocycles. The number of rotatable bonds is 4. The number of aliphatic carboxylic acids is 1. The van der Waals surface area contributed by atoms with Crippen LogP contribution in [0.25, 0.3) is 0 Å². The summed E-state index contributed by atoms with van der Waals surface area (Å²) < 4.78 is 0. The molecule has 0 aliphatic heterocycles. The van der Waals surface area contributed by atoms with Gasteiger partial charge in [0.05, 0.1) is 6.42 Å². The molecule has 56 valence electrons. The Morgan fingerprint density at radius 3 is 2.30 bits per heavy atom. The minimum atomic E-state index is -1.32. The summed E-state index contributed by atoms with van der Waals surface area (Å²) >= 11 is 0. The molecule has 10 heavy (non-hydrogen) atoms. The molecule has 6 heteroatoms. The van der Waals surface area contributed by atoms with E-state index in [0.29, 0.717) is 0 Å². The van der Waals surface area contributed by atoms with Crippen LogP contribution >= 0.6 is 0 Å². The molecule has 0 aliphatic carbocycles. The van der Waals surface area contributed by atoms with Crippen LogP contribution in [0.5, 0.6) is 0 Å². The van der Waals surface area contributed by atoms with Crippen molar-refractivity contribution in [1.82, 2.24) is 0 Å². The van der Waals surface area contributed by atoms with Crippen molar-refractivity contribution < 1.29 is 14.7 Å². The number of hydrogen-bond acceptors (Lipinski definition) is 4. The number of carboxylic acids is 1. The zero-order valence-electron chi connectivity index (χ0n) is 5.07. The fourth-order valence-electron chi connectivity index (χ4n) is 0.379. The number of carbonyl (C=O) groups excluding carboxylic acids is 1. The molecule has 0 rings (SSSR count). The third kappa shape index (κ3) is 2.75. The highest BCUT2D eigenvalue weighted by Crippen LogP contribution is 1.95. The summed E-state index contributed by atoms with van der Waals surface area (Å²) in [5.74, 6) is -2.09. The molecule has 0 aliphatic rings. The van der Waals surface area contributed by atoms with Crippen LogP contribution in [0.1, 0.15) is 6.42 Å². The lowest BCUT2D eigenvalue weighted by atomic mass is 10.2. The Kier molecular flexibility index (Phi) is 3.03. The van der Waals surface area contributed by atoms with E-state index in [1.54, 1.807) is 0 Å². The first-order valence-corrected chi connectivity index (χ1v) is 2.45. The van der Waals surface area contributed by atoms with Crippen LogP contribution < -0.4 is 5.73 Å². The van der Waals surface area contributed by atoms with Gasteiger partial charge in [-0.05, 0) is 0 Å². The summed E-state index contributed by atoms with van der Waals surface area (Å²) in [5, 5.41) is 10.9. The Bertz CT molecular complexity index is 167. The molecule has 0 aromatic heterocycles. The van der Waals surface area contributed by atoms with Crippen LogP contribution in [0.2, 0.25) is 0 Å². The van der Waals surface area contributed by atoms with Crippen molar-refractivity contribution in [1.29, 1.82) is 5.53 Å². The van der Waals surface area contributed by atoms with Gasteiger partial charge >= 0.3 is 5.97 Å². The van der Waals surface area contributed by atoms with Crippen LogP contribution in [-0.2, 0) is 9.59 Å². The van der Waals surface area contributed by atoms with Crippen molar-refractivity contribution >= 4 is 11.9 Å². The van der Waals surface area contributed by atoms with E-state index in [9.17, 15) is 9.59 Å². The molecule has 0 saturated carbocycles. The Morgan fingerprint density at radius 2 is 2.20 bits per heavy atom. The van der Waals surface area contributed by atoms with Gasteiger partial charge in [-0.15, -0.1) is 0 Å². The predicted molar refractivity (Wildman–Crippen MR) is 30.4 cm³/mol. The maximum atomic E-state index is 10.1. The molecular weight excluding hydrogens is 138 g/mol. The summed E-state index contributed by atoms with van der Waals surface area (Å²) in [6.45, 7) is 0. The number of primary amides is 1. The van der Waals surface area contributed by atoms with Crippen LogP contribution in [0.3, 0.4) is 0 Å². The standard InChI is InChI=1S/C4H7N3O3/c5-3(8)1-2(7-6)4(9)10/h2,6H,1H2,(H2,5,8)(H,9,10). The number of nitrogens with one attached hydrogen (secondary N) is 1. The Balaban J connectivity index is 3.96. The zero-order valence-corrected chi connectivity index (χ0v) is 5.07. The molecule has 0 heterocycles. The number of carboxylic acid groups (broad SMARTS) is 1. The van der Waals surface area contributed by atoms with Gasteiger partial charge in [0, 0.05) is 0 Å². The SMILES string of the molecule is N=NC(CC(N)=O)C(=O)O. The molecule has 0 fully saturated rings. The van der Waals surface area contributed by atoms with Gasteiger partial charge in [0.2, 0.25) is 5.91 Å². The molecule has 0 aromatic rings. The average Bonchev–Trinajstić information content (AvgIpc) is 1.81. The van der Waals surface area contributed by atoms with E-state index in [4.69, 9.17) is 10.6 Å². The third-order valence-electron chi connectivity index (χ3n) is 0.835. The molecule has 0 saturated heterocycles. The molecule has 0 spiro atoms. The minimum absolute atomic E-state index is 0.418. The second kappa shape index (κ2) is 3.54. The number of amides is 1. The van der Waals surface area contributed by atoms with E-state index >= 15 is 0 Å². The van der Waals surface area contributed by atoms with Gasteiger partial charge in [0.15, 0.2) is 6.04 Å². The van der Waals surface area contributed by atoms with Crippen LogP contribution in [0, 0.1) is 5.53 Å². The lowest BCUT2D eigenvalue weighted by Crippen LogP contribution is -2.25. The van der Waals surface area contributed by atoms with Crippen molar-refractivity contribution in [3.8, 4) is 0 Å². The first-order chi connectivity index (χ1) is 4.57. The monoisotopic (exact) mass is 145 g/mol. The average molecular weight is 145 g/mol. The molecule has 1 unspecified atom stereocenters. The Morgan fingerprint density at radius 1 is 1.70 bits per heavy atom. The predicted octanol–water partition coefficient (Wildman–Crippen LogP) is -0.654. The molecular formula is C4H7N3O3. The van der Waals surface area contributed by atoms with Gasteiger partial charge in [-0.1, -0.05) is 0 Å². The highest BCUT2D eigenvalue weighted by molar-refractivity contribution is 5.83. The lowest BCUT2D eigenvalue weighted by molar-refractivity contribution is -0.140. The fraction of sp³-hybridized carbons (Fsp3) is 0.500. The normalized spacial score (nSPS) is 12.0. The van der Waals surface area contributed by atoms with Crippen molar-refractivity contribution in [3.05, 3.63) is 0 Å². The molecule has 1 amide bonds. The first-order valence-electron chi connectivity index (χ1n) is 2.45. The summed E-state index contributed by atoms with van der Waals surface area (Å²) in [6, 6.07) is -1.32. The van der Waals surface area contributed by atoms with E-state index < -0.39 is 24.3 Å². The number of carbonyl (C=O) groups is 2. The van der Waals surface area contributed by atoms with Gasteiger partial charge in [-0.3, -0.25) is 4.79 Å². The second-order valence-electron chi connectivity index (χ2n) is 1.65. The quantitative estimate of drug-likeness (QED) is 0.456. The molecule has 6 nitrogen and oxygen atoms in total. The van der Waals surface area contributed by atoms with Crippen molar-refractivity contribution in [2.24, 2.45) is 10.8 Å². The van der Waals surface area contributed by atoms with Gasteiger partial charge in [-0.2, -0.15) is 5.11 Å². The van der Waals surface area contributed by atoms with Crippen molar-refractivity contribution in [3.63, 3.8) is 0 Å². The maximum absolute atomic E-state index is 10.1. The minimum Gasteiger partial charge on any atom is -0.480 e. The van der Waals surface area contributed by atoms with Crippen LogP contribution in [0.4, 0.5) is 0 Å². The van der Waals surface area contributed by atoms with Gasteiger partial charge in [-0.25, -0.2) is 10.3 Å². The molecule has 4 N–H and O–H groups in total. The maximum Gasteiger partial charge on any atom is 0.330 e. The number of hydrogen-bond donors (Lipinski definition) is 3. The third-order valence-corrected chi connectivity index (χ3v) is 0.835. The Hall–Kier alpha value is -1.46. The number of nitrogens with zero attached hydrogens (tertiary/aromatic N) is 1. The molecule has 0 bridgehead atoms. The highest BCUT2D eigenvalue weighted by Gasteiger charge is 2.17. The Labute approximate surface area is 56.5 Å².